The maximum absolute atomic E-state index is 13.8. The number of carboxylic acids is 1. The number of benzene rings is 1. The number of nitrogens with zero attached hydrogens (tertiary/aromatic N) is 1. The zero-order chi connectivity index (χ0) is 18.6. The van der Waals surface area contributed by atoms with E-state index >= 15 is 0 Å². The molecule has 0 aromatic heterocycles. The lowest BCUT2D eigenvalue weighted by Gasteiger charge is -2.36. The number of piperidine rings is 1. The molecule has 1 aromatic rings. The number of hydrogen-bond donors (Lipinski definition) is 2. The first-order valence-corrected chi connectivity index (χ1v) is 8.03. The van der Waals surface area contributed by atoms with Crippen LogP contribution >= 0.6 is 0 Å². The van der Waals surface area contributed by atoms with Crippen molar-refractivity contribution in [2.24, 2.45) is 5.92 Å². The molecule has 25 heavy (non-hydrogen) atoms. The van der Waals surface area contributed by atoms with Gasteiger partial charge in [0.25, 0.3) is 0 Å². The first kappa shape index (κ1) is 18.6. The van der Waals surface area contributed by atoms with E-state index in [1.54, 1.807) is 25.1 Å². The van der Waals surface area contributed by atoms with Crippen molar-refractivity contribution < 1.29 is 23.9 Å². The van der Waals surface area contributed by atoms with Gasteiger partial charge in [-0.15, -0.1) is 0 Å². The predicted octanol–water partition coefficient (Wildman–Crippen LogP) is 1.67. The van der Waals surface area contributed by atoms with Crippen LogP contribution in [0.3, 0.4) is 0 Å². The molecule has 1 heterocycles. The Morgan fingerprint density at radius 3 is 2.56 bits per heavy atom. The highest BCUT2D eigenvalue weighted by Gasteiger charge is 2.37. The number of nitrogens with one attached hydrogen (secondary N) is 1. The van der Waals surface area contributed by atoms with Gasteiger partial charge in [0.1, 0.15) is 11.9 Å². The summed E-state index contributed by atoms with van der Waals surface area (Å²) in [6, 6.07) is 5.06. The fourth-order valence-corrected chi connectivity index (χ4v) is 3.02. The van der Waals surface area contributed by atoms with Crippen molar-refractivity contribution in [3.05, 3.63) is 41.7 Å². The van der Waals surface area contributed by atoms with Crippen LogP contribution in [-0.4, -0.2) is 47.4 Å². The zero-order valence-electron chi connectivity index (χ0n) is 14.2. The Morgan fingerprint density at radius 1 is 1.28 bits per heavy atom. The first-order valence-electron chi connectivity index (χ1n) is 8.03. The molecule has 0 saturated carbocycles. The number of aliphatic carboxylic acids is 1. The van der Waals surface area contributed by atoms with Crippen molar-refractivity contribution in [2.45, 2.75) is 25.8 Å². The molecule has 0 spiro atoms. The maximum Gasteiger partial charge on any atom is 0.326 e. The summed E-state index contributed by atoms with van der Waals surface area (Å²) in [5.41, 5.74) is 0.678. The van der Waals surface area contributed by atoms with Crippen molar-refractivity contribution in [3.8, 4) is 0 Å². The van der Waals surface area contributed by atoms with Gasteiger partial charge in [-0.1, -0.05) is 18.2 Å². The lowest BCUT2D eigenvalue weighted by atomic mass is 9.91. The lowest BCUT2D eigenvalue weighted by molar-refractivity contribution is -0.152. The number of rotatable bonds is 4. The van der Waals surface area contributed by atoms with E-state index in [0.29, 0.717) is 12.0 Å². The van der Waals surface area contributed by atoms with E-state index in [0.717, 1.165) is 0 Å². The Morgan fingerprint density at radius 2 is 1.96 bits per heavy atom. The highest BCUT2D eigenvalue weighted by atomic mass is 19.1. The molecule has 0 bridgehead atoms. The topological polar surface area (TPSA) is 86.7 Å². The summed E-state index contributed by atoms with van der Waals surface area (Å²) in [5, 5.41) is 11.9. The fraction of sp³-hybridized carbons (Fsp3) is 0.389. The minimum Gasteiger partial charge on any atom is -0.480 e. The van der Waals surface area contributed by atoms with E-state index in [2.05, 4.69) is 5.32 Å². The Balaban J connectivity index is 2.26. The standard InChI is InChI=1S/C18H21FN2O4/c1-11(13-5-3-4-6-14(13)19)9-16(22)21-10-12(17(23)20-2)7-8-15(21)18(24)25/h3-6,9,12,15H,7-8,10H2,1-2H3,(H,20,23)(H,24,25)/b11-9+/t12-,15-/m0/s1. The van der Waals surface area contributed by atoms with Gasteiger partial charge in [-0.3, -0.25) is 9.59 Å². The van der Waals surface area contributed by atoms with Crippen molar-refractivity contribution in [3.63, 3.8) is 0 Å². The summed E-state index contributed by atoms with van der Waals surface area (Å²) in [6.45, 7) is 1.61. The van der Waals surface area contributed by atoms with Crippen molar-refractivity contribution in [1.82, 2.24) is 10.2 Å². The molecule has 7 heteroatoms. The van der Waals surface area contributed by atoms with Gasteiger partial charge in [0.05, 0.1) is 5.92 Å². The largest absolute Gasteiger partial charge is 0.480 e. The summed E-state index contributed by atoms with van der Waals surface area (Å²) in [6.07, 6.45) is 1.82. The quantitative estimate of drug-likeness (QED) is 0.811. The van der Waals surface area contributed by atoms with Gasteiger partial charge in [-0.25, -0.2) is 9.18 Å². The third-order valence-corrected chi connectivity index (χ3v) is 4.41. The third kappa shape index (κ3) is 4.23. The normalized spacial score (nSPS) is 20.9. The molecule has 2 N–H and O–H groups in total. The van der Waals surface area contributed by atoms with E-state index in [1.165, 1.54) is 24.1 Å². The average Bonchev–Trinajstić information content (AvgIpc) is 2.60. The van der Waals surface area contributed by atoms with E-state index in [9.17, 15) is 23.9 Å². The number of amides is 2. The average molecular weight is 348 g/mol. The summed E-state index contributed by atoms with van der Waals surface area (Å²) in [4.78, 5) is 37.1. The molecule has 0 aliphatic carbocycles. The molecule has 6 nitrogen and oxygen atoms in total. The molecule has 1 aliphatic rings. The molecule has 1 aliphatic heterocycles. The predicted molar refractivity (Wildman–Crippen MR) is 90.0 cm³/mol. The molecule has 2 amide bonds. The zero-order valence-corrected chi connectivity index (χ0v) is 14.2. The van der Waals surface area contributed by atoms with E-state index < -0.39 is 29.7 Å². The van der Waals surface area contributed by atoms with Crippen LogP contribution in [0.5, 0.6) is 0 Å². The minimum atomic E-state index is -1.11. The molecule has 0 unspecified atom stereocenters. The highest BCUT2D eigenvalue weighted by Crippen LogP contribution is 2.24. The molecular formula is C18H21FN2O4. The van der Waals surface area contributed by atoms with Crippen molar-refractivity contribution in [2.75, 3.05) is 13.6 Å². The smallest absolute Gasteiger partial charge is 0.326 e. The van der Waals surface area contributed by atoms with Gasteiger partial charge in [-0.2, -0.15) is 0 Å². The van der Waals surface area contributed by atoms with Gasteiger partial charge in [0.15, 0.2) is 0 Å². The molecule has 2 rings (SSSR count). The SMILES string of the molecule is CNC(=O)[C@H]1CC[C@@H](C(=O)O)N(C(=O)/C=C(\C)c2ccccc2F)C1. The van der Waals surface area contributed by atoms with Crippen molar-refractivity contribution in [1.29, 1.82) is 0 Å². The van der Waals surface area contributed by atoms with Crippen LogP contribution in [0.4, 0.5) is 4.39 Å². The number of carbonyl (C=O) groups excluding carboxylic acids is 2. The van der Waals surface area contributed by atoms with Crippen LogP contribution in [0.15, 0.2) is 30.3 Å². The van der Waals surface area contributed by atoms with Crippen LogP contribution in [0.25, 0.3) is 5.57 Å². The van der Waals surface area contributed by atoms with Gasteiger partial charge in [-0.05, 0) is 31.4 Å². The lowest BCUT2D eigenvalue weighted by Crippen LogP contribution is -2.52. The second kappa shape index (κ2) is 7.92. The Kier molecular flexibility index (Phi) is 5.90. The molecule has 2 atom stereocenters. The number of hydrogen-bond acceptors (Lipinski definition) is 3. The first-order chi connectivity index (χ1) is 11.8. The molecule has 134 valence electrons. The van der Waals surface area contributed by atoms with E-state index in [4.69, 9.17) is 0 Å². The molecular weight excluding hydrogens is 327 g/mol. The molecule has 1 saturated heterocycles. The van der Waals surface area contributed by atoms with Crippen LogP contribution in [0.2, 0.25) is 0 Å². The monoisotopic (exact) mass is 348 g/mol. The van der Waals surface area contributed by atoms with E-state index in [1.807, 2.05) is 0 Å². The Labute approximate surface area is 145 Å². The maximum atomic E-state index is 13.8. The third-order valence-electron chi connectivity index (χ3n) is 4.41. The highest BCUT2D eigenvalue weighted by molar-refractivity contribution is 5.97. The van der Waals surface area contributed by atoms with Crippen LogP contribution in [0, 0.1) is 11.7 Å². The number of likely N-dealkylation sites (tertiary alicyclic amines) is 1. The Bertz CT molecular complexity index is 717. The van der Waals surface area contributed by atoms with Crippen LogP contribution in [0.1, 0.15) is 25.3 Å². The number of carbonyl (C=O) groups is 3. The fourth-order valence-electron chi connectivity index (χ4n) is 3.02. The second-order valence-corrected chi connectivity index (χ2v) is 6.04. The minimum absolute atomic E-state index is 0.0243. The van der Waals surface area contributed by atoms with E-state index in [-0.39, 0.29) is 24.4 Å². The number of allylic oxidation sites excluding steroid dienone is 1. The second-order valence-electron chi connectivity index (χ2n) is 6.04. The summed E-state index contributed by atoms with van der Waals surface area (Å²) in [5.74, 6) is -2.79. The molecule has 1 fully saturated rings. The van der Waals surface area contributed by atoms with Crippen LogP contribution in [-0.2, 0) is 14.4 Å². The van der Waals surface area contributed by atoms with Crippen LogP contribution < -0.4 is 5.32 Å². The summed E-state index contributed by atoms with van der Waals surface area (Å²) in [7, 11) is 1.50. The Hall–Kier alpha value is -2.70. The summed E-state index contributed by atoms with van der Waals surface area (Å²) < 4.78 is 13.8. The van der Waals surface area contributed by atoms with Crippen molar-refractivity contribution >= 4 is 23.4 Å². The van der Waals surface area contributed by atoms with Gasteiger partial charge in [0.2, 0.25) is 11.8 Å². The molecule has 1 aromatic carbocycles. The summed E-state index contributed by atoms with van der Waals surface area (Å²) >= 11 is 0. The molecule has 0 radical (unpaired) electrons. The van der Waals surface area contributed by atoms with Gasteiger partial charge in [0, 0.05) is 25.2 Å². The number of halogens is 1. The van der Waals surface area contributed by atoms with Gasteiger partial charge < -0.3 is 15.3 Å². The van der Waals surface area contributed by atoms with Gasteiger partial charge >= 0.3 is 5.97 Å². The number of carboxylic acid groups (broad SMARTS) is 1.